The fourth-order valence-electron chi connectivity index (χ4n) is 4.63. The summed E-state index contributed by atoms with van der Waals surface area (Å²) in [6.45, 7) is 0.298. The molecule has 2 aromatic carbocycles. The van der Waals surface area contributed by atoms with Crippen LogP contribution in [0.2, 0.25) is 0 Å². The number of hydrogen-bond donors (Lipinski definition) is 4. The SMILES string of the molecule is CNC[C@@H](NC(=O)c1ccc(-c2nc([C@H]3CC[C@H](O)[C@@H](F)C3)ccc2N)cc1F)c1cc(F)cc(Br)c1. The van der Waals surface area contributed by atoms with Gasteiger partial charge in [0.05, 0.1) is 29.1 Å². The van der Waals surface area contributed by atoms with Crippen molar-refractivity contribution in [3.8, 4) is 11.3 Å². The van der Waals surface area contributed by atoms with Gasteiger partial charge in [-0.1, -0.05) is 22.0 Å². The summed E-state index contributed by atoms with van der Waals surface area (Å²) in [5.41, 5.74) is 8.11. The quantitative estimate of drug-likeness (QED) is 0.316. The summed E-state index contributed by atoms with van der Waals surface area (Å²) in [5, 5.41) is 15.4. The molecule has 1 aliphatic rings. The molecule has 1 aliphatic carbocycles. The lowest BCUT2D eigenvalue weighted by Gasteiger charge is -2.28. The summed E-state index contributed by atoms with van der Waals surface area (Å²) in [6.07, 6.45) is -1.21. The number of rotatable bonds is 7. The highest BCUT2D eigenvalue weighted by Crippen LogP contribution is 2.36. The Hall–Kier alpha value is -2.95. The number of aliphatic hydroxyl groups excluding tert-OH is 1. The molecule has 4 atom stereocenters. The molecule has 0 spiro atoms. The highest BCUT2D eigenvalue weighted by Gasteiger charge is 2.31. The number of likely N-dealkylation sites (N-methyl/N-ethyl adjacent to an activating group) is 1. The minimum absolute atomic E-state index is 0.153. The molecule has 196 valence electrons. The number of aromatic nitrogens is 1. The summed E-state index contributed by atoms with van der Waals surface area (Å²) in [6, 6.07) is 11.2. The van der Waals surface area contributed by atoms with Gasteiger partial charge in [-0.3, -0.25) is 9.78 Å². The molecule has 1 aromatic heterocycles. The Morgan fingerprint density at radius 3 is 2.65 bits per heavy atom. The summed E-state index contributed by atoms with van der Waals surface area (Å²) in [5.74, 6) is -2.07. The maximum Gasteiger partial charge on any atom is 0.254 e. The summed E-state index contributed by atoms with van der Waals surface area (Å²) >= 11 is 3.25. The van der Waals surface area contributed by atoms with E-state index in [9.17, 15) is 18.7 Å². The minimum atomic E-state index is -1.32. The molecule has 0 saturated heterocycles. The van der Waals surface area contributed by atoms with Crippen LogP contribution in [0.1, 0.15) is 52.8 Å². The molecule has 0 unspecified atom stereocenters. The monoisotopic (exact) mass is 576 g/mol. The van der Waals surface area contributed by atoms with Crippen molar-refractivity contribution in [3.05, 3.63) is 81.5 Å². The minimum Gasteiger partial charge on any atom is -0.397 e. The van der Waals surface area contributed by atoms with Gasteiger partial charge in [-0.15, -0.1) is 0 Å². The average molecular weight is 577 g/mol. The van der Waals surface area contributed by atoms with Crippen LogP contribution in [0.4, 0.5) is 18.9 Å². The van der Waals surface area contributed by atoms with Gasteiger partial charge in [0.2, 0.25) is 0 Å². The number of nitrogens with zero attached hydrogens (tertiary/aromatic N) is 1. The van der Waals surface area contributed by atoms with Crippen LogP contribution in [0.15, 0.2) is 53.0 Å². The predicted molar refractivity (Wildman–Crippen MR) is 140 cm³/mol. The number of benzene rings is 2. The highest BCUT2D eigenvalue weighted by atomic mass is 79.9. The first kappa shape index (κ1) is 27.1. The Labute approximate surface area is 221 Å². The van der Waals surface area contributed by atoms with E-state index in [0.717, 1.165) is 0 Å². The molecule has 1 fully saturated rings. The molecule has 6 nitrogen and oxygen atoms in total. The second-order valence-corrected chi connectivity index (χ2v) is 10.2. The molecule has 1 saturated carbocycles. The molecule has 1 amide bonds. The van der Waals surface area contributed by atoms with Crippen molar-refractivity contribution in [1.82, 2.24) is 15.6 Å². The molecule has 0 aliphatic heterocycles. The van der Waals surface area contributed by atoms with Gasteiger partial charge >= 0.3 is 0 Å². The van der Waals surface area contributed by atoms with Crippen molar-refractivity contribution in [3.63, 3.8) is 0 Å². The van der Waals surface area contributed by atoms with Crippen LogP contribution in [0.3, 0.4) is 0 Å². The Morgan fingerprint density at radius 1 is 1.19 bits per heavy atom. The van der Waals surface area contributed by atoms with Crippen molar-refractivity contribution >= 4 is 27.5 Å². The largest absolute Gasteiger partial charge is 0.397 e. The molecular weight excluding hydrogens is 549 g/mol. The van der Waals surface area contributed by atoms with E-state index in [1.807, 2.05) is 0 Å². The Kier molecular flexibility index (Phi) is 8.51. The summed E-state index contributed by atoms with van der Waals surface area (Å²) < 4.78 is 43.6. The number of pyridine rings is 1. The zero-order valence-corrected chi connectivity index (χ0v) is 21.7. The van der Waals surface area contributed by atoms with Crippen LogP contribution >= 0.6 is 15.9 Å². The first-order valence-electron chi connectivity index (χ1n) is 12.0. The molecule has 4 rings (SSSR count). The Morgan fingerprint density at radius 2 is 1.97 bits per heavy atom. The van der Waals surface area contributed by atoms with Crippen molar-refractivity contribution in [2.45, 2.75) is 43.5 Å². The molecular formula is C27H28BrF3N4O2. The third-order valence-corrected chi connectivity index (χ3v) is 7.05. The van der Waals surface area contributed by atoms with Crippen molar-refractivity contribution in [2.24, 2.45) is 0 Å². The van der Waals surface area contributed by atoms with Gasteiger partial charge in [0.1, 0.15) is 17.8 Å². The van der Waals surface area contributed by atoms with Gasteiger partial charge in [0, 0.05) is 28.2 Å². The Bertz CT molecular complexity index is 1270. The lowest BCUT2D eigenvalue weighted by Crippen LogP contribution is -2.35. The van der Waals surface area contributed by atoms with E-state index in [0.29, 0.717) is 52.1 Å². The van der Waals surface area contributed by atoms with Crippen molar-refractivity contribution in [1.29, 1.82) is 0 Å². The average Bonchev–Trinajstić information content (AvgIpc) is 2.85. The van der Waals surface area contributed by atoms with Gasteiger partial charge in [-0.2, -0.15) is 0 Å². The van der Waals surface area contributed by atoms with E-state index < -0.39 is 35.9 Å². The fourth-order valence-corrected chi connectivity index (χ4v) is 5.11. The zero-order chi connectivity index (χ0) is 26.7. The van der Waals surface area contributed by atoms with Crippen LogP contribution in [-0.4, -0.2) is 41.9 Å². The second kappa shape index (κ2) is 11.6. The molecule has 0 bridgehead atoms. The van der Waals surface area contributed by atoms with Crippen LogP contribution in [-0.2, 0) is 0 Å². The molecule has 1 heterocycles. The van der Waals surface area contributed by atoms with Gasteiger partial charge in [-0.25, -0.2) is 13.2 Å². The summed E-state index contributed by atoms with van der Waals surface area (Å²) in [7, 11) is 1.69. The first-order valence-corrected chi connectivity index (χ1v) is 12.8. The molecule has 3 aromatic rings. The number of carbonyl (C=O) groups is 1. The van der Waals surface area contributed by atoms with Crippen LogP contribution in [0, 0.1) is 11.6 Å². The number of nitrogen functional groups attached to an aromatic ring is 1. The number of nitrogens with two attached hydrogens (primary N) is 1. The van der Waals surface area contributed by atoms with E-state index in [1.54, 1.807) is 31.3 Å². The smallest absolute Gasteiger partial charge is 0.254 e. The lowest BCUT2D eigenvalue weighted by atomic mass is 9.83. The number of carbonyl (C=O) groups excluding carboxylic acids is 1. The van der Waals surface area contributed by atoms with Gasteiger partial charge in [0.15, 0.2) is 0 Å². The van der Waals surface area contributed by atoms with Gasteiger partial charge in [-0.05, 0) is 74.3 Å². The summed E-state index contributed by atoms with van der Waals surface area (Å²) in [4.78, 5) is 17.5. The second-order valence-electron chi connectivity index (χ2n) is 9.25. The molecule has 10 heteroatoms. The van der Waals surface area contributed by atoms with Crippen molar-refractivity contribution < 1.29 is 23.1 Å². The number of halogens is 4. The van der Waals surface area contributed by atoms with Gasteiger partial charge < -0.3 is 21.5 Å². The first-order chi connectivity index (χ1) is 17.7. The van der Waals surface area contributed by atoms with Crippen molar-refractivity contribution in [2.75, 3.05) is 19.3 Å². The molecule has 5 N–H and O–H groups in total. The topological polar surface area (TPSA) is 100 Å². The van der Waals surface area contributed by atoms with E-state index >= 15 is 4.39 Å². The zero-order valence-electron chi connectivity index (χ0n) is 20.1. The predicted octanol–water partition coefficient (Wildman–Crippen LogP) is 5.03. The fraction of sp³-hybridized carbons (Fsp3) is 0.333. The standard InChI is InChI=1S/C27H28BrF3N4O2/c1-33-13-24(16-8-17(28)12-18(29)9-16)35-27(37)19-4-2-15(11-20(19)30)26-22(32)5-6-23(34-26)14-3-7-25(36)21(31)10-14/h2,4-6,8-9,11-12,14,21,24-25,33,36H,3,7,10,13,32H2,1H3,(H,35,37)/t14-,21-,24+,25-/m0/s1. The third-order valence-electron chi connectivity index (χ3n) is 6.59. The number of amides is 1. The van der Waals surface area contributed by atoms with E-state index in [4.69, 9.17) is 5.73 Å². The number of anilines is 1. The van der Waals surface area contributed by atoms with Gasteiger partial charge in [0.25, 0.3) is 5.91 Å². The number of hydrogen-bond acceptors (Lipinski definition) is 5. The normalized spacial score (nSPS) is 20.4. The lowest BCUT2D eigenvalue weighted by molar-refractivity contribution is 0.0364. The number of aliphatic hydroxyl groups is 1. The highest BCUT2D eigenvalue weighted by molar-refractivity contribution is 9.10. The van der Waals surface area contributed by atoms with E-state index in [-0.39, 0.29) is 17.9 Å². The Balaban J connectivity index is 1.56. The third kappa shape index (κ3) is 6.31. The maximum atomic E-state index is 15.1. The molecule has 37 heavy (non-hydrogen) atoms. The number of alkyl halides is 1. The van der Waals surface area contributed by atoms with Crippen LogP contribution in [0.25, 0.3) is 11.3 Å². The number of nitrogens with one attached hydrogen (secondary N) is 2. The van der Waals surface area contributed by atoms with E-state index in [2.05, 4.69) is 31.5 Å². The maximum absolute atomic E-state index is 15.1. The van der Waals surface area contributed by atoms with E-state index in [1.165, 1.54) is 24.3 Å². The van der Waals surface area contributed by atoms with Crippen LogP contribution in [0.5, 0.6) is 0 Å². The van der Waals surface area contributed by atoms with Crippen LogP contribution < -0.4 is 16.4 Å². The molecule has 0 radical (unpaired) electrons.